The van der Waals surface area contributed by atoms with Crippen molar-refractivity contribution < 1.29 is 58.3 Å². The minimum Gasteiger partial charge on any atom is -0.507 e. The van der Waals surface area contributed by atoms with Gasteiger partial charge in [0.15, 0.2) is 11.6 Å². The topological polar surface area (TPSA) is 226 Å². The van der Waals surface area contributed by atoms with E-state index in [4.69, 9.17) is 42.7 Å². The second-order valence-corrected chi connectivity index (χ2v) is 16.5. The number of aliphatic hydroxyl groups is 1. The Morgan fingerprint density at radius 3 is 1.61 bits per heavy atom. The van der Waals surface area contributed by atoms with Crippen molar-refractivity contribution in [3.63, 3.8) is 0 Å². The van der Waals surface area contributed by atoms with Crippen LogP contribution in [-0.2, 0) is 28.5 Å². The molecule has 1 saturated heterocycles. The number of ketones is 2. The third-order valence-corrected chi connectivity index (χ3v) is 9.48. The summed E-state index contributed by atoms with van der Waals surface area (Å²) in [6.45, 7) is 10.4. The highest BCUT2D eigenvalue weighted by molar-refractivity contribution is 9.10. The van der Waals surface area contributed by atoms with Gasteiger partial charge in [0.2, 0.25) is 0 Å². The molecule has 6 N–H and O–H groups in total. The predicted molar refractivity (Wildman–Crippen MR) is 221 cm³/mol. The fourth-order valence-electron chi connectivity index (χ4n) is 5.13. The molecule has 1 aliphatic rings. The minimum atomic E-state index is -1.54. The highest BCUT2D eigenvalue weighted by atomic mass is 79.9. The average Bonchev–Trinajstić information content (AvgIpc) is 3.45. The van der Waals surface area contributed by atoms with Gasteiger partial charge in [0.05, 0.1) is 34.3 Å². The van der Waals surface area contributed by atoms with Crippen molar-refractivity contribution in [2.24, 2.45) is 11.8 Å². The molecule has 308 valence electrons. The van der Waals surface area contributed by atoms with E-state index in [1.807, 2.05) is 27.7 Å². The molecule has 20 heteroatoms. The van der Waals surface area contributed by atoms with Crippen molar-refractivity contribution in [1.82, 2.24) is 10.6 Å². The number of hydrogen-bond donors (Lipinski definition) is 6. The Bertz CT molecular complexity index is 1670. The molecule has 1 heterocycles. The Hall–Kier alpha value is -2.83. The summed E-state index contributed by atoms with van der Waals surface area (Å²) in [4.78, 5) is 69.7. The number of halogens is 4. The van der Waals surface area contributed by atoms with Crippen molar-refractivity contribution in [3.8, 4) is 0 Å². The number of rotatable bonds is 17. The maximum atomic E-state index is 12.4. The lowest BCUT2D eigenvalue weighted by Gasteiger charge is -2.19. The zero-order chi connectivity index (χ0) is 42.9. The van der Waals surface area contributed by atoms with Crippen LogP contribution in [0.25, 0.3) is 0 Å². The van der Waals surface area contributed by atoms with E-state index >= 15 is 0 Å². The average molecular weight is 953 g/mol. The fourth-order valence-corrected chi connectivity index (χ4v) is 6.26. The molecule has 1 fully saturated rings. The molecule has 0 aliphatic carbocycles. The summed E-state index contributed by atoms with van der Waals surface area (Å²) in [5, 5.41) is 40.1. The van der Waals surface area contributed by atoms with Crippen LogP contribution in [-0.4, -0.2) is 95.1 Å². The number of amides is 2. The second kappa shape index (κ2) is 25.5. The SMILES string of the molecule is CC(C)C[C@H](CC(=O)CNC(=O)c1cc(Br)ccc1Cl)B(O)O.CC(C)C[C@H](CC(=O)CNC(=O)c1cc(Br)ccc1Cl)B1OC(=O)[C@H](C)O1.C[C@H](O)C(=O)O. The van der Waals surface area contributed by atoms with Gasteiger partial charge in [-0.05, 0) is 74.9 Å². The van der Waals surface area contributed by atoms with Gasteiger partial charge in [-0.25, -0.2) is 4.79 Å². The highest BCUT2D eigenvalue weighted by Crippen LogP contribution is 2.30. The molecule has 2 aromatic rings. The predicted octanol–water partition coefficient (Wildman–Crippen LogP) is 5.79. The van der Waals surface area contributed by atoms with E-state index in [-0.39, 0.29) is 54.8 Å². The Morgan fingerprint density at radius 2 is 1.25 bits per heavy atom. The second-order valence-electron chi connectivity index (χ2n) is 13.9. The van der Waals surface area contributed by atoms with Crippen LogP contribution < -0.4 is 10.6 Å². The van der Waals surface area contributed by atoms with Gasteiger partial charge < -0.3 is 40.2 Å². The van der Waals surface area contributed by atoms with Crippen LogP contribution in [0.5, 0.6) is 0 Å². The number of carbonyl (C=O) groups is 6. The Balaban J connectivity index is 0.000000493. The fraction of sp³-hybridized carbons (Fsp3) is 0.500. The molecule has 0 unspecified atom stereocenters. The van der Waals surface area contributed by atoms with Gasteiger partial charge in [0.25, 0.3) is 11.8 Å². The Kier molecular flexibility index (Phi) is 23.3. The number of aliphatic carboxylic acids is 1. The number of Topliss-reactive ketones (excluding diaryl/α,β-unsaturated/α-hetero) is 2. The van der Waals surface area contributed by atoms with E-state index in [1.165, 1.54) is 6.92 Å². The lowest BCUT2D eigenvalue weighted by molar-refractivity contribution is -0.145. The zero-order valence-corrected chi connectivity index (χ0v) is 36.6. The maximum Gasteiger partial charge on any atom is 0.531 e. The summed E-state index contributed by atoms with van der Waals surface area (Å²) in [5.41, 5.74) is 0.564. The van der Waals surface area contributed by atoms with Crippen LogP contribution in [0.4, 0.5) is 0 Å². The standard InChI is InChI=1S/C18H22BBrClNO5.C15H20BBrClNO4.C3H6O3/c1-10(2)6-12(19-26-11(3)18(25)27-19)7-14(23)9-22-17(24)15-8-13(20)4-5-16(15)21;1-9(2)5-10(16(22)23)6-12(20)8-19-15(21)13-7-11(17)3-4-14(13)18;1-2(4)3(5)6/h4-5,8,10-12H,6-7,9H2,1-3H3,(H,22,24);3-4,7,9-10,22-23H,5-6,8H2,1-2H3,(H,19,21);2,4H,1H3,(H,5,6)/t11-,12+;10-;2-/m010/s1. The third kappa shape index (κ3) is 19.5. The zero-order valence-electron chi connectivity index (χ0n) is 31.9. The molecule has 0 saturated carbocycles. The van der Waals surface area contributed by atoms with Crippen LogP contribution in [0.15, 0.2) is 45.3 Å². The first kappa shape index (κ1) is 51.2. The van der Waals surface area contributed by atoms with Crippen molar-refractivity contribution >= 4 is 105 Å². The third-order valence-electron chi connectivity index (χ3n) is 7.83. The Labute approximate surface area is 354 Å². The van der Waals surface area contributed by atoms with E-state index in [9.17, 15) is 38.8 Å². The smallest absolute Gasteiger partial charge is 0.507 e. The summed E-state index contributed by atoms with van der Waals surface area (Å²) in [5.74, 6) is -3.15. The molecule has 14 nitrogen and oxygen atoms in total. The molecule has 1 aliphatic heterocycles. The van der Waals surface area contributed by atoms with Crippen molar-refractivity contribution in [3.05, 3.63) is 66.5 Å². The molecule has 0 radical (unpaired) electrons. The number of aliphatic hydroxyl groups excluding tert-OH is 1. The van der Waals surface area contributed by atoms with Crippen molar-refractivity contribution in [2.75, 3.05) is 13.1 Å². The van der Waals surface area contributed by atoms with Crippen LogP contribution in [0, 0.1) is 11.8 Å². The molecule has 0 bridgehead atoms. The van der Waals surface area contributed by atoms with Crippen molar-refractivity contribution in [1.29, 1.82) is 0 Å². The minimum absolute atomic E-state index is 0.00232. The van der Waals surface area contributed by atoms with E-state index in [0.29, 0.717) is 38.8 Å². The van der Waals surface area contributed by atoms with Gasteiger partial charge in [-0.3, -0.25) is 24.0 Å². The summed E-state index contributed by atoms with van der Waals surface area (Å²) < 4.78 is 12.2. The monoisotopic (exact) mass is 950 g/mol. The number of nitrogens with one attached hydrogen (secondary N) is 2. The van der Waals surface area contributed by atoms with Gasteiger partial charge in [-0.15, -0.1) is 0 Å². The van der Waals surface area contributed by atoms with Crippen LogP contribution in [0.2, 0.25) is 21.7 Å². The normalized spacial score (nSPS) is 15.0. The molecule has 0 aromatic heterocycles. The molecule has 0 spiro atoms. The largest absolute Gasteiger partial charge is 0.531 e. The summed E-state index contributed by atoms with van der Waals surface area (Å²) in [6, 6.07) is 9.79. The Morgan fingerprint density at radius 1 is 0.821 bits per heavy atom. The lowest BCUT2D eigenvalue weighted by atomic mass is 9.66. The summed E-state index contributed by atoms with van der Waals surface area (Å²) >= 11 is 18.5. The summed E-state index contributed by atoms with van der Waals surface area (Å²) in [7, 11) is -2.27. The molecular weight excluding hydrogens is 905 g/mol. The number of carbonyl (C=O) groups excluding carboxylic acids is 5. The number of carboxylic acid groups (broad SMARTS) is 1. The molecule has 3 rings (SSSR count). The van der Waals surface area contributed by atoms with E-state index in [1.54, 1.807) is 43.3 Å². The van der Waals surface area contributed by atoms with Crippen LogP contribution in [0.3, 0.4) is 0 Å². The quantitative estimate of drug-likeness (QED) is 0.104. The van der Waals surface area contributed by atoms with Crippen molar-refractivity contribution in [2.45, 2.75) is 91.1 Å². The van der Waals surface area contributed by atoms with Gasteiger partial charge in [0, 0.05) is 33.4 Å². The van der Waals surface area contributed by atoms with Crippen LogP contribution in [0.1, 0.15) is 87.9 Å². The van der Waals surface area contributed by atoms with E-state index in [2.05, 4.69) is 42.5 Å². The van der Waals surface area contributed by atoms with E-state index in [0.717, 1.165) is 4.47 Å². The number of benzene rings is 2. The van der Waals surface area contributed by atoms with Crippen LogP contribution >= 0.6 is 55.1 Å². The first-order valence-corrected chi connectivity index (χ1v) is 20.0. The molecular formula is C36H48B2Br2Cl2N2O12. The van der Waals surface area contributed by atoms with Gasteiger partial charge in [-0.2, -0.15) is 0 Å². The highest BCUT2D eigenvalue weighted by Gasteiger charge is 2.44. The molecule has 4 atom stereocenters. The summed E-state index contributed by atoms with van der Waals surface area (Å²) in [6.07, 6.45) is -0.517. The van der Waals surface area contributed by atoms with Gasteiger partial charge in [-0.1, -0.05) is 82.8 Å². The molecule has 2 aromatic carbocycles. The van der Waals surface area contributed by atoms with E-state index < -0.39 is 56.0 Å². The molecule has 56 heavy (non-hydrogen) atoms. The number of hydrogen-bond acceptors (Lipinski definition) is 11. The van der Waals surface area contributed by atoms with Gasteiger partial charge in [0.1, 0.15) is 12.2 Å². The molecule has 2 amide bonds. The first-order chi connectivity index (χ1) is 26.0. The lowest BCUT2D eigenvalue weighted by Crippen LogP contribution is -2.33. The van der Waals surface area contributed by atoms with Gasteiger partial charge >= 0.3 is 26.2 Å². The first-order valence-electron chi connectivity index (χ1n) is 17.6. The number of carboxylic acids is 1. The maximum absolute atomic E-state index is 12.4.